The van der Waals surface area contributed by atoms with Crippen LogP contribution in [0.25, 0.3) is 22.3 Å². The number of hydrogen-bond acceptors (Lipinski definition) is 6. The highest BCUT2D eigenvalue weighted by Crippen LogP contribution is 2.26. The Bertz CT molecular complexity index is 1070. The third-order valence-corrected chi connectivity index (χ3v) is 4.52. The van der Waals surface area contributed by atoms with Crippen molar-refractivity contribution in [1.29, 1.82) is 5.26 Å². The quantitative estimate of drug-likeness (QED) is 0.474. The first-order chi connectivity index (χ1) is 13.1. The number of hydrogen-bond donors (Lipinski definition) is 0. The molecule has 0 N–H and O–H groups in total. The summed E-state index contributed by atoms with van der Waals surface area (Å²) in [5.74, 6) is -0.630. The third kappa shape index (κ3) is 3.13. The van der Waals surface area contributed by atoms with Crippen LogP contribution in [0, 0.1) is 27.6 Å². The van der Waals surface area contributed by atoms with E-state index in [4.69, 9.17) is 4.74 Å². The molecule has 1 saturated heterocycles. The smallest absolute Gasteiger partial charge is 0.369 e. The molecule has 0 radical (unpaired) electrons. The van der Waals surface area contributed by atoms with Gasteiger partial charge in [-0.1, -0.05) is 0 Å². The summed E-state index contributed by atoms with van der Waals surface area (Å²) >= 11 is 0. The molecule has 3 aromatic rings. The van der Waals surface area contributed by atoms with Crippen LogP contribution in [0.1, 0.15) is 5.69 Å². The van der Waals surface area contributed by atoms with Crippen LogP contribution in [0.5, 0.6) is 0 Å². The maximum atomic E-state index is 14.6. The minimum atomic E-state index is -0.630. The SMILES string of the molecule is Cl.N#Cc1c(-c2ccncc2)[n+]([O-])c2cc(N3CCOCC3)c(F)cc2[n+]1[O-]. The average Bonchev–Trinajstić information content (AvgIpc) is 2.71. The number of nitrogens with zero attached hydrogens (tertiary/aromatic N) is 5. The Morgan fingerprint density at radius 2 is 1.75 bits per heavy atom. The molecular formula is C18H15ClFN5O3. The molecule has 8 nitrogen and oxygen atoms in total. The van der Waals surface area contributed by atoms with Gasteiger partial charge in [-0.25, -0.2) is 4.39 Å². The van der Waals surface area contributed by atoms with Crippen LogP contribution in [0.15, 0.2) is 36.7 Å². The van der Waals surface area contributed by atoms with E-state index in [1.54, 1.807) is 11.0 Å². The van der Waals surface area contributed by atoms with Gasteiger partial charge in [0, 0.05) is 31.5 Å². The fraction of sp³-hybridized carbons (Fsp3) is 0.222. The molecule has 0 amide bonds. The second kappa shape index (κ2) is 7.80. The molecule has 0 unspecified atom stereocenters. The molecule has 28 heavy (non-hydrogen) atoms. The molecule has 0 atom stereocenters. The second-order valence-corrected chi connectivity index (χ2v) is 6.03. The Morgan fingerprint density at radius 1 is 1.11 bits per heavy atom. The number of aromatic nitrogens is 3. The Hall–Kier alpha value is -3.22. The fourth-order valence-electron chi connectivity index (χ4n) is 3.21. The van der Waals surface area contributed by atoms with Crippen molar-refractivity contribution in [1.82, 2.24) is 4.98 Å². The fourth-order valence-corrected chi connectivity index (χ4v) is 3.21. The van der Waals surface area contributed by atoms with Gasteiger partial charge in [0.25, 0.3) is 11.0 Å². The predicted molar refractivity (Wildman–Crippen MR) is 100 cm³/mol. The van der Waals surface area contributed by atoms with Crippen molar-refractivity contribution in [3.8, 4) is 17.3 Å². The maximum absolute atomic E-state index is 14.6. The Morgan fingerprint density at radius 3 is 2.39 bits per heavy atom. The Kier molecular flexibility index (Phi) is 5.44. The first-order valence-corrected chi connectivity index (χ1v) is 8.27. The van der Waals surface area contributed by atoms with Crippen LogP contribution in [-0.4, -0.2) is 31.3 Å². The van der Waals surface area contributed by atoms with Gasteiger partial charge < -0.3 is 20.1 Å². The first kappa shape index (κ1) is 19.5. The lowest BCUT2D eigenvalue weighted by atomic mass is 10.1. The molecule has 3 heterocycles. The highest BCUT2D eigenvalue weighted by atomic mass is 35.5. The summed E-state index contributed by atoms with van der Waals surface area (Å²) in [7, 11) is 0. The molecule has 0 spiro atoms. The molecule has 1 fully saturated rings. The average molecular weight is 404 g/mol. The maximum Gasteiger partial charge on any atom is 0.369 e. The lowest BCUT2D eigenvalue weighted by Crippen LogP contribution is -2.44. The van der Waals surface area contributed by atoms with Crippen molar-refractivity contribution >= 4 is 29.1 Å². The number of morpholine rings is 1. The van der Waals surface area contributed by atoms with Crippen molar-refractivity contribution in [2.45, 2.75) is 0 Å². The van der Waals surface area contributed by atoms with E-state index in [2.05, 4.69) is 4.98 Å². The van der Waals surface area contributed by atoms with E-state index >= 15 is 0 Å². The van der Waals surface area contributed by atoms with Crippen molar-refractivity contribution in [3.05, 3.63) is 58.6 Å². The van der Waals surface area contributed by atoms with Crippen LogP contribution in [0.4, 0.5) is 10.1 Å². The van der Waals surface area contributed by atoms with Crippen molar-refractivity contribution < 1.29 is 18.6 Å². The molecule has 1 aromatic carbocycles. The summed E-state index contributed by atoms with van der Waals surface area (Å²) in [4.78, 5) is 5.64. The third-order valence-electron chi connectivity index (χ3n) is 4.52. The molecular weight excluding hydrogens is 389 g/mol. The van der Waals surface area contributed by atoms with Crippen LogP contribution >= 0.6 is 12.4 Å². The zero-order valence-electron chi connectivity index (χ0n) is 14.5. The van der Waals surface area contributed by atoms with Gasteiger partial charge >= 0.3 is 11.4 Å². The van der Waals surface area contributed by atoms with Crippen LogP contribution in [-0.2, 0) is 4.74 Å². The molecule has 0 saturated carbocycles. The minimum Gasteiger partial charge on any atom is -0.617 e. The van der Waals surface area contributed by atoms with E-state index in [9.17, 15) is 20.1 Å². The van der Waals surface area contributed by atoms with Gasteiger partial charge in [-0.05, 0) is 12.1 Å². The summed E-state index contributed by atoms with van der Waals surface area (Å²) in [5.41, 5.74) is -0.113. The van der Waals surface area contributed by atoms with Crippen LogP contribution in [0.2, 0.25) is 0 Å². The summed E-state index contributed by atoms with van der Waals surface area (Å²) in [6.07, 6.45) is 2.92. The number of pyridine rings is 1. The molecule has 1 aliphatic rings. The standard InChI is InChI=1S/C18H14FN5O3.ClH/c19-13-9-15-16(10-14(13)22-5-7-27-8-6-22)24(26)18(17(11-20)23(15)25)12-1-3-21-4-2-12;/h1-4,9-10H,5-8H2;1H. The second-order valence-electron chi connectivity index (χ2n) is 6.03. The molecule has 144 valence electrons. The lowest BCUT2D eigenvalue weighted by Gasteiger charge is -2.28. The summed E-state index contributed by atoms with van der Waals surface area (Å²) in [6.45, 7) is 1.86. The van der Waals surface area contributed by atoms with Crippen molar-refractivity contribution in [2.24, 2.45) is 0 Å². The van der Waals surface area contributed by atoms with Gasteiger partial charge in [0.15, 0.2) is 11.9 Å². The van der Waals surface area contributed by atoms with Gasteiger partial charge in [-0.2, -0.15) is 9.99 Å². The molecule has 10 heteroatoms. The number of rotatable bonds is 2. The van der Waals surface area contributed by atoms with E-state index in [1.807, 2.05) is 0 Å². The molecule has 0 bridgehead atoms. The Balaban J connectivity index is 0.00000225. The van der Waals surface area contributed by atoms with E-state index in [1.165, 1.54) is 30.6 Å². The zero-order chi connectivity index (χ0) is 19.0. The van der Waals surface area contributed by atoms with Gasteiger partial charge in [0.2, 0.25) is 0 Å². The largest absolute Gasteiger partial charge is 0.617 e. The normalized spacial score (nSPS) is 13.8. The number of nitriles is 1. The highest BCUT2D eigenvalue weighted by molar-refractivity contribution is 5.85. The van der Waals surface area contributed by atoms with Gasteiger partial charge in [0.05, 0.1) is 30.5 Å². The zero-order valence-corrected chi connectivity index (χ0v) is 15.4. The summed E-state index contributed by atoms with van der Waals surface area (Å²) in [5, 5.41) is 35.1. The number of ether oxygens (including phenoxy) is 1. The predicted octanol–water partition coefficient (Wildman–Crippen LogP) is 1.44. The lowest BCUT2D eigenvalue weighted by molar-refractivity contribution is -0.622. The number of halogens is 2. The highest BCUT2D eigenvalue weighted by Gasteiger charge is 2.31. The van der Waals surface area contributed by atoms with E-state index in [-0.39, 0.29) is 34.8 Å². The van der Waals surface area contributed by atoms with Crippen LogP contribution in [0.3, 0.4) is 0 Å². The molecule has 0 aliphatic carbocycles. The van der Waals surface area contributed by atoms with Gasteiger partial charge in [-0.15, -0.1) is 17.1 Å². The van der Waals surface area contributed by atoms with Gasteiger partial charge in [0.1, 0.15) is 0 Å². The van der Waals surface area contributed by atoms with Crippen molar-refractivity contribution in [3.63, 3.8) is 0 Å². The van der Waals surface area contributed by atoms with E-state index in [0.717, 1.165) is 6.07 Å². The molecule has 1 aliphatic heterocycles. The van der Waals surface area contributed by atoms with Gasteiger partial charge in [-0.3, -0.25) is 4.98 Å². The summed E-state index contributed by atoms with van der Waals surface area (Å²) < 4.78 is 20.7. The minimum absolute atomic E-state index is 0. The molecule has 2 aromatic heterocycles. The Labute approximate surface area is 165 Å². The monoisotopic (exact) mass is 403 g/mol. The van der Waals surface area contributed by atoms with E-state index < -0.39 is 11.5 Å². The topological polar surface area (TPSA) is 103 Å². The number of anilines is 1. The number of benzene rings is 1. The number of fused-ring (bicyclic) bond motifs is 1. The van der Waals surface area contributed by atoms with Crippen molar-refractivity contribution in [2.75, 3.05) is 31.2 Å². The molecule has 4 rings (SSSR count). The van der Waals surface area contributed by atoms with Crippen LogP contribution < -0.4 is 14.4 Å². The summed E-state index contributed by atoms with van der Waals surface area (Å²) in [6, 6.07) is 7.16. The van der Waals surface area contributed by atoms with E-state index in [0.29, 0.717) is 41.3 Å². The first-order valence-electron chi connectivity index (χ1n) is 8.27.